The molecule has 0 unspecified atom stereocenters. The van der Waals surface area contributed by atoms with Gasteiger partial charge in [-0.1, -0.05) is 36.4 Å². The van der Waals surface area contributed by atoms with Gasteiger partial charge in [0.2, 0.25) is 11.8 Å². The Kier molecular flexibility index (Phi) is 7.26. The summed E-state index contributed by atoms with van der Waals surface area (Å²) in [6.07, 6.45) is 1.25. The Balaban J connectivity index is 1.66. The monoisotopic (exact) mass is 462 g/mol. The number of benzene rings is 2. The van der Waals surface area contributed by atoms with Crippen molar-refractivity contribution in [3.8, 4) is 17.2 Å². The maximum atomic E-state index is 13.0. The topological polar surface area (TPSA) is 134 Å². The number of nitriles is 1. The third-order valence-electron chi connectivity index (χ3n) is 5.77. The fraction of sp³-hybridized carbons (Fsp3) is 0.385. The highest BCUT2D eigenvalue weighted by molar-refractivity contribution is 5.94. The highest BCUT2D eigenvalue weighted by Gasteiger charge is 2.47. The Morgan fingerprint density at radius 1 is 1.06 bits per heavy atom. The van der Waals surface area contributed by atoms with E-state index in [4.69, 9.17) is 15.7 Å². The van der Waals surface area contributed by atoms with Crippen molar-refractivity contribution < 1.29 is 19.1 Å². The fourth-order valence-corrected chi connectivity index (χ4v) is 3.76. The molecule has 8 nitrogen and oxygen atoms in total. The van der Waals surface area contributed by atoms with Gasteiger partial charge in [-0.05, 0) is 68.9 Å². The molecule has 1 saturated carbocycles. The summed E-state index contributed by atoms with van der Waals surface area (Å²) in [5.41, 5.74) is 7.12. The lowest BCUT2D eigenvalue weighted by Gasteiger charge is -2.41. The second-order valence-corrected chi connectivity index (χ2v) is 9.58. The summed E-state index contributed by atoms with van der Waals surface area (Å²) in [7, 11) is 0. The molecule has 8 heteroatoms. The first-order valence-corrected chi connectivity index (χ1v) is 11.2. The number of carbonyl (C=O) groups is 3. The summed E-state index contributed by atoms with van der Waals surface area (Å²) in [5.74, 6) is -1.10. The lowest BCUT2D eigenvalue weighted by atomic mass is 9.76. The minimum atomic E-state index is -1.10. The Hall–Kier alpha value is -3.86. The maximum Gasteiger partial charge on any atom is 0.408 e. The van der Waals surface area contributed by atoms with Crippen LogP contribution in [0.15, 0.2) is 48.5 Å². The number of ether oxygens (including phenoxy) is 1. The first-order valence-electron chi connectivity index (χ1n) is 11.2. The zero-order valence-electron chi connectivity index (χ0n) is 19.7. The Labute approximate surface area is 199 Å². The predicted molar refractivity (Wildman–Crippen MR) is 127 cm³/mol. The molecule has 2 aromatic rings. The van der Waals surface area contributed by atoms with Gasteiger partial charge in [-0.2, -0.15) is 5.26 Å². The molecule has 1 atom stereocenters. The average Bonchev–Trinajstić information content (AvgIpc) is 2.75. The molecule has 178 valence electrons. The first-order chi connectivity index (χ1) is 16.0. The summed E-state index contributed by atoms with van der Waals surface area (Å²) >= 11 is 0. The van der Waals surface area contributed by atoms with Crippen molar-refractivity contribution >= 4 is 17.9 Å². The largest absolute Gasteiger partial charge is 0.444 e. The van der Waals surface area contributed by atoms with Gasteiger partial charge in [0.25, 0.3) is 0 Å². The summed E-state index contributed by atoms with van der Waals surface area (Å²) in [6.45, 7) is 5.24. The van der Waals surface area contributed by atoms with Gasteiger partial charge in [0.15, 0.2) is 0 Å². The third-order valence-corrected chi connectivity index (χ3v) is 5.77. The van der Waals surface area contributed by atoms with Crippen LogP contribution < -0.4 is 16.4 Å². The van der Waals surface area contributed by atoms with Crippen LogP contribution in [0, 0.1) is 11.3 Å². The number of rotatable bonds is 7. The van der Waals surface area contributed by atoms with Gasteiger partial charge in [0.05, 0.1) is 11.6 Å². The number of nitrogens with one attached hydrogen (secondary N) is 2. The van der Waals surface area contributed by atoms with E-state index >= 15 is 0 Å². The SMILES string of the molecule is CC(C)(C)OC(=O)NC1(C(=O)N[C@@H](Cc2ccc(-c3ccc(C#N)cc3)cc2)C(N)=O)CCC1. The molecule has 0 heterocycles. The third kappa shape index (κ3) is 6.13. The van der Waals surface area contributed by atoms with Crippen LogP contribution in [0.25, 0.3) is 11.1 Å². The van der Waals surface area contributed by atoms with E-state index in [1.807, 2.05) is 36.4 Å². The van der Waals surface area contributed by atoms with Crippen molar-refractivity contribution in [1.82, 2.24) is 10.6 Å². The Bertz CT molecular complexity index is 1090. The number of hydrogen-bond acceptors (Lipinski definition) is 5. The van der Waals surface area contributed by atoms with E-state index in [-0.39, 0.29) is 6.42 Å². The van der Waals surface area contributed by atoms with E-state index in [1.54, 1.807) is 32.9 Å². The van der Waals surface area contributed by atoms with E-state index in [1.165, 1.54) is 0 Å². The van der Waals surface area contributed by atoms with Crippen molar-refractivity contribution in [1.29, 1.82) is 5.26 Å². The number of alkyl carbamates (subject to hydrolysis) is 1. The Morgan fingerprint density at radius 2 is 1.62 bits per heavy atom. The molecule has 0 spiro atoms. The van der Waals surface area contributed by atoms with Crippen LogP contribution in [-0.4, -0.2) is 35.1 Å². The molecule has 3 rings (SSSR count). The van der Waals surface area contributed by atoms with E-state index in [0.717, 1.165) is 23.1 Å². The zero-order chi connectivity index (χ0) is 24.9. The molecule has 0 aliphatic heterocycles. The molecule has 4 N–H and O–H groups in total. The van der Waals surface area contributed by atoms with Crippen LogP contribution in [-0.2, 0) is 20.7 Å². The zero-order valence-corrected chi connectivity index (χ0v) is 19.7. The van der Waals surface area contributed by atoms with Crippen molar-refractivity contribution in [2.24, 2.45) is 5.73 Å². The molecular formula is C26H30N4O4. The summed E-state index contributed by atoms with van der Waals surface area (Å²) in [4.78, 5) is 37.4. The Morgan fingerprint density at radius 3 is 2.06 bits per heavy atom. The number of primary amides is 1. The summed E-state index contributed by atoms with van der Waals surface area (Å²) < 4.78 is 5.29. The van der Waals surface area contributed by atoms with E-state index in [9.17, 15) is 14.4 Å². The normalized spacial score (nSPS) is 15.2. The molecule has 0 bridgehead atoms. The fourth-order valence-electron chi connectivity index (χ4n) is 3.76. The number of nitrogens with zero attached hydrogens (tertiary/aromatic N) is 1. The van der Waals surface area contributed by atoms with Gasteiger partial charge in [-0.25, -0.2) is 4.79 Å². The number of hydrogen-bond donors (Lipinski definition) is 3. The molecule has 34 heavy (non-hydrogen) atoms. The smallest absolute Gasteiger partial charge is 0.408 e. The van der Waals surface area contributed by atoms with Gasteiger partial charge in [-0.15, -0.1) is 0 Å². The van der Waals surface area contributed by atoms with Crippen LogP contribution in [0.4, 0.5) is 4.79 Å². The van der Waals surface area contributed by atoms with E-state index < -0.39 is 35.1 Å². The molecule has 0 saturated heterocycles. The molecule has 1 aliphatic carbocycles. The van der Waals surface area contributed by atoms with Crippen LogP contribution in [0.1, 0.15) is 51.2 Å². The van der Waals surface area contributed by atoms with Gasteiger partial charge in [-0.3, -0.25) is 9.59 Å². The van der Waals surface area contributed by atoms with Crippen LogP contribution in [0.2, 0.25) is 0 Å². The highest BCUT2D eigenvalue weighted by Crippen LogP contribution is 2.32. The molecule has 0 radical (unpaired) electrons. The van der Waals surface area contributed by atoms with Gasteiger partial charge in [0, 0.05) is 6.42 Å². The quantitative estimate of drug-likeness (QED) is 0.581. The summed E-state index contributed by atoms with van der Waals surface area (Å²) in [6, 6.07) is 16.0. The number of amides is 3. The molecule has 3 amide bonds. The van der Waals surface area contributed by atoms with Gasteiger partial charge < -0.3 is 21.1 Å². The van der Waals surface area contributed by atoms with Crippen molar-refractivity contribution in [3.05, 3.63) is 59.7 Å². The predicted octanol–water partition coefficient (Wildman–Crippen LogP) is 3.19. The lowest BCUT2D eigenvalue weighted by molar-refractivity contribution is -0.134. The molecule has 2 aromatic carbocycles. The van der Waals surface area contributed by atoms with Gasteiger partial charge >= 0.3 is 6.09 Å². The first kappa shape index (κ1) is 24.8. The molecule has 1 fully saturated rings. The van der Waals surface area contributed by atoms with E-state index in [0.29, 0.717) is 18.4 Å². The van der Waals surface area contributed by atoms with Crippen molar-refractivity contribution in [3.63, 3.8) is 0 Å². The lowest BCUT2D eigenvalue weighted by Crippen LogP contribution is -2.65. The van der Waals surface area contributed by atoms with Gasteiger partial charge in [0.1, 0.15) is 17.2 Å². The minimum absolute atomic E-state index is 0.219. The minimum Gasteiger partial charge on any atom is -0.444 e. The highest BCUT2D eigenvalue weighted by atomic mass is 16.6. The second-order valence-electron chi connectivity index (χ2n) is 9.58. The van der Waals surface area contributed by atoms with Crippen LogP contribution in [0.3, 0.4) is 0 Å². The van der Waals surface area contributed by atoms with Crippen LogP contribution >= 0.6 is 0 Å². The molecular weight excluding hydrogens is 432 g/mol. The number of carbonyl (C=O) groups excluding carboxylic acids is 3. The molecule has 1 aliphatic rings. The van der Waals surface area contributed by atoms with Crippen molar-refractivity contribution in [2.45, 2.75) is 63.6 Å². The summed E-state index contributed by atoms with van der Waals surface area (Å²) in [5, 5.41) is 14.3. The van der Waals surface area contributed by atoms with Crippen molar-refractivity contribution in [2.75, 3.05) is 0 Å². The maximum absolute atomic E-state index is 13.0. The second kappa shape index (κ2) is 9.96. The van der Waals surface area contributed by atoms with E-state index in [2.05, 4.69) is 16.7 Å². The number of nitrogens with two attached hydrogens (primary N) is 1. The molecule has 0 aromatic heterocycles. The average molecular weight is 463 g/mol. The van der Waals surface area contributed by atoms with Crippen LogP contribution in [0.5, 0.6) is 0 Å². The standard InChI is InChI=1S/C26H30N4O4/c1-25(2,3)34-24(33)30-26(13-4-14-26)23(32)29-21(22(28)31)15-17-5-9-19(10-6-17)20-11-7-18(16-27)8-12-20/h5-12,21H,4,13-15H2,1-3H3,(H2,28,31)(H,29,32)(H,30,33)/t21-/m0/s1.